The van der Waals surface area contributed by atoms with Crippen molar-refractivity contribution < 1.29 is 4.79 Å². The summed E-state index contributed by atoms with van der Waals surface area (Å²) in [6.07, 6.45) is 13.3. The zero-order chi connectivity index (χ0) is 10.3. The molecule has 0 radical (unpaired) electrons. The van der Waals surface area contributed by atoms with E-state index < -0.39 is 0 Å². The first-order valence-electron chi connectivity index (χ1n) is 5.60. The van der Waals surface area contributed by atoms with Gasteiger partial charge in [0.25, 0.3) is 5.91 Å². The molecular formula is C12H14N2O. The average Bonchev–Trinajstić information content (AvgIpc) is 2.55. The van der Waals surface area contributed by atoms with Gasteiger partial charge in [0.15, 0.2) is 0 Å². The molecule has 0 saturated heterocycles. The van der Waals surface area contributed by atoms with Crippen molar-refractivity contribution in [3.8, 4) is 0 Å². The fraction of sp³-hybridized carbons (Fsp3) is 0.500. The molecule has 0 aromatic rings. The molecule has 78 valence electrons. The Bertz CT molecular complexity index is 386. The first kappa shape index (κ1) is 8.89. The monoisotopic (exact) mass is 202 g/mol. The van der Waals surface area contributed by atoms with Gasteiger partial charge < -0.3 is 4.90 Å². The van der Waals surface area contributed by atoms with Crippen LogP contribution in [0.3, 0.4) is 0 Å². The molecule has 0 N–H and O–H groups in total. The largest absolute Gasteiger partial charge is 0.318 e. The van der Waals surface area contributed by atoms with Gasteiger partial charge in [0.05, 0.1) is 0 Å². The lowest BCUT2D eigenvalue weighted by Crippen LogP contribution is -2.50. The number of rotatable bonds is 0. The van der Waals surface area contributed by atoms with Gasteiger partial charge in [-0.15, -0.1) is 0 Å². The molecule has 0 bridgehead atoms. The smallest absolute Gasteiger partial charge is 0.273 e. The Labute approximate surface area is 89.2 Å². The molecule has 1 spiro atoms. The maximum atomic E-state index is 12.0. The van der Waals surface area contributed by atoms with E-state index in [4.69, 9.17) is 0 Å². The molecule has 1 amide bonds. The summed E-state index contributed by atoms with van der Waals surface area (Å²) < 4.78 is 0. The quantitative estimate of drug-likeness (QED) is 0.602. The van der Waals surface area contributed by atoms with Crippen molar-refractivity contribution in [1.29, 1.82) is 0 Å². The third-order valence-electron chi connectivity index (χ3n) is 3.59. The van der Waals surface area contributed by atoms with Crippen LogP contribution in [0, 0.1) is 0 Å². The van der Waals surface area contributed by atoms with Gasteiger partial charge in [0, 0.05) is 6.20 Å². The van der Waals surface area contributed by atoms with Crippen LogP contribution in [0.5, 0.6) is 0 Å². The van der Waals surface area contributed by atoms with E-state index in [1.54, 1.807) is 0 Å². The van der Waals surface area contributed by atoms with E-state index in [9.17, 15) is 4.79 Å². The molecule has 1 aliphatic carbocycles. The van der Waals surface area contributed by atoms with E-state index in [1.807, 2.05) is 24.4 Å². The second-order valence-electron chi connectivity index (χ2n) is 4.44. The predicted molar refractivity (Wildman–Crippen MR) is 58.4 cm³/mol. The number of carbonyl (C=O) groups excluding carboxylic acids is 1. The Morgan fingerprint density at radius 2 is 2.00 bits per heavy atom. The number of carbonyl (C=O) groups is 1. The van der Waals surface area contributed by atoms with Crippen molar-refractivity contribution in [1.82, 2.24) is 4.90 Å². The first-order chi connectivity index (χ1) is 7.33. The van der Waals surface area contributed by atoms with Crippen molar-refractivity contribution in [3.63, 3.8) is 0 Å². The summed E-state index contributed by atoms with van der Waals surface area (Å²) in [5.74, 6) is 0.887. The summed E-state index contributed by atoms with van der Waals surface area (Å²) in [6, 6.07) is 0. The minimum Gasteiger partial charge on any atom is -0.318 e. The second-order valence-corrected chi connectivity index (χ2v) is 4.44. The van der Waals surface area contributed by atoms with E-state index in [1.165, 1.54) is 6.42 Å². The molecule has 0 aromatic heterocycles. The van der Waals surface area contributed by atoms with E-state index in [-0.39, 0.29) is 11.4 Å². The summed E-state index contributed by atoms with van der Waals surface area (Å²) in [5.41, 5.74) is -0.325. The summed E-state index contributed by atoms with van der Waals surface area (Å²) in [5, 5.41) is 0. The molecule has 0 unspecified atom stereocenters. The average molecular weight is 202 g/mol. The lowest BCUT2D eigenvalue weighted by atomic mass is 9.80. The molecule has 2 aliphatic heterocycles. The van der Waals surface area contributed by atoms with Crippen LogP contribution in [0.15, 0.2) is 29.4 Å². The molecule has 1 saturated carbocycles. The molecule has 0 aromatic carbocycles. The van der Waals surface area contributed by atoms with Gasteiger partial charge in [-0.05, 0) is 25.0 Å². The van der Waals surface area contributed by atoms with E-state index in [2.05, 4.69) is 9.89 Å². The van der Waals surface area contributed by atoms with E-state index in [0.29, 0.717) is 0 Å². The highest BCUT2D eigenvalue weighted by atomic mass is 16.2. The van der Waals surface area contributed by atoms with Crippen LogP contribution < -0.4 is 0 Å². The van der Waals surface area contributed by atoms with E-state index in [0.717, 1.165) is 31.5 Å². The Morgan fingerprint density at radius 1 is 1.20 bits per heavy atom. The summed E-state index contributed by atoms with van der Waals surface area (Å²) in [6.45, 7) is 0. The van der Waals surface area contributed by atoms with Gasteiger partial charge in [-0.2, -0.15) is 4.99 Å². The SMILES string of the molecule is O=C1N=C2C=CC=CN2C12CCCCC2. The summed E-state index contributed by atoms with van der Waals surface area (Å²) in [4.78, 5) is 18.3. The minimum atomic E-state index is -0.325. The maximum absolute atomic E-state index is 12.0. The topological polar surface area (TPSA) is 32.7 Å². The molecule has 0 atom stereocenters. The second kappa shape index (κ2) is 3.05. The van der Waals surface area contributed by atoms with Crippen molar-refractivity contribution >= 4 is 11.7 Å². The standard InChI is InChI=1S/C12H14N2O/c15-11-12(7-3-1-4-8-12)14-9-5-2-6-10(14)13-11/h2,5-6,9H,1,3-4,7-8H2. The molecule has 2 heterocycles. The molecule has 3 nitrogen and oxygen atoms in total. The lowest BCUT2D eigenvalue weighted by Gasteiger charge is -2.39. The molecule has 3 rings (SSSR count). The van der Waals surface area contributed by atoms with Crippen molar-refractivity contribution in [3.05, 3.63) is 24.4 Å². The molecular weight excluding hydrogens is 188 g/mol. The maximum Gasteiger partial charge on any atom is 0.273 e. The predicted octanol–water partition coefficient (Wildman–Crippen LogP) is 2.01. The lowest BCUT2D eigenvalue weighted by molar-refractivity contribution is -0.126. The minimum absolute atomic E-state index is 0.0633. The Morgan fingerprint density at radius 3 is 2.80 bits per heavy atom. The highest BCUT2D eigenvalue weighted by molar-refractivity contribution is 6.12. The van der Waals surface area contributed by atoms with Crippen LogP contribution >= 0.6 is 0 Å². The van der Waals surface area contributed by atoms with Gasteiger partial charge in [0.2, 0.25) is 0 Å². The summed E-state index contributed by atoms with van der Waals surface area (Å²) in [7, 11) is 0. The zero-order valence-corrected chi connectivity index (χ0v) is 8.65. The third kappa shape index (κ3) is 1.12. The van der Waals surface area contributed by atoms with Crippen LogP contribution in [-0.4, -0.2) is 22.2 Å². The van der Waals surface area contributed by atoms with Crippen LogP contribution in [-0.2, 0) is 4.79 Å². The van der Waals surface area contributed by atoms with Gasteiger partial charge in [-0.25, -0.2) is 0 Å². The van der Waals surface area contributed by atoms with Crippen LogP contribution in [0.4, 0.5) is 0 Å². The van der Waals surface area contributed by atoms with Crippen molar-refractivity contribution in [2.45, 2.75) is 37.6 Å². The molecule has 3 heteroatoms. The van der Waals surface area contributed by atoms with Crippen molar-refractivity contribution in [2.75, 3.05) is 0 Å². The third-order valence-corrected chi connectivity index (χ3v) is 3.59. The van der Waals surface area contributed by atoms with Gasteiger partial charge in [-0.3, -0.25) is 4.79 Å². The Hall–Kier alpha value is -1.38. The number of allylic oxidation sites excluding steroid dienone is 2. The van der Waals surface area contributed by atoms with Gasteiger partial charge >= 0.3 is 0 Å². The molecule has 3 aliphatic rings. The Kier molecular flexibility index (Phi) is 1.81. The van der Waals surface area contributed by atoms with Gasteiger partial charge in [-0.1, -0.05) is 25.3 Å². The molecule has 15 heavy (non-hydrogen) atoms. The Balaban J connectivity index is 2.00. The zero-order valence-electron chi connectivity index (χ0n) is 8.65. The number of fused-ring (bicyclic) bond motifs is 2. The van der Waals surface area contributed by atoms with Crippen LogP contribution in [0.2, 0.25) is 0 Å². The van der Waals surface area contributed by atoms with E-state index >= 15 is 0 Å². The number of hydrogen-bond donors (Lipinski definition) is 0. The van der Waals surface area contributed by atoms with Crippen LogP contribution in [0.1, 0.15) is 32.1 Å². The highest BCUT2D eigenvalue weighted by Gasteiger charge is 2.49. The fourth-order valence-corrected chi connectivity index (χ4v) is 2.79. The number of amidine groups is 1. The number of hydrogen-bond acceptors (Lipinski definition) is 2. The fourth-order valence-electron chi connectivity index (χ4n) is 2.79. The summed E-state index contributed by atoms with van der Waals surface area (Å²) >= 11 is 0. The number of aliphatic imine (C=N–C) groups is 1. The molecule has 1 fully saturated rings. The van der Waals surface area contributed by atoms with Gasteiger partial charge in [0.1, 0.15) is 11.4 Å². The highest BCUT2D eigenvalue weighted by Crippen LogP contribution is 2.39. The number of nitrogens with zero attached hydrogens (tertiary/aromatic N) is 2. The first-order valence-corrected chi connectivity index (χ1v) is 5.60. The van der Waals surface area contributed by atoms with Crippen LogP contribution in [0.25, 0.3) is 0 Å². The van der Waals surface area contributed by atoms with Crippen molar-refractivity contribution in [2.24, 2.45) is 4.99 Å². The number of amides is 1. The normalized spacial score (nSPS) is 27.1.